The molecule has 1 aliphatic heterocycles. The molecule has 104 valence electrons. The number of nitro benzene ring substituents is 1. The van der Waals surface area contributed by atoms with Gasteiger partial charge in [0.15, 0.2) is 5.75 Å². The van der Waals surface area contributed by atoms with Crippen LogP contribution in [0.4, 0.5) is 11.4 Å². The molecule has 6 heteroatoms. The van der Waals surface area contributed by atoms with Gasteiger partial charge in [-0.25, -0.2) is 0 Å². The molecule has 6 nitrogen and oxygen atoms in total. The van der Waals surface area contributed by atoms with Crippen molar-refractivity contribution in [1.29, 1.82) is 0 Å². The van der Waals surface area contributed by atoms with Crippen molar-refractivity contribution in [3.63, 3.8) is 0 Å². The zero-order valence-electron chi connectivity index (χ0n) is 11.3. The fraction of sp³-hybridized carbons (Fsp3) is 0.538. The molecule has 19 heavy (non-hydrogen) atoms. The van der Waals surface area contributed by atoms with Crippen LogP contribution < -0.4 is 10.1 Å². The van der Waals surface area contributed by atoms with E-state index in [0.717, 1.165) is 18.7 Å². The van der Waals surface area contributed by atoms with Crippen molar-refractivity contribution in [3.05, 3.63) is 28.3 Å². The highest BCUT2D eigenvalue weighted by Gasteiger charge is 2.37. The summed E-state index contributed by atoms with van der Waals surface area (Å²) in [7, 11) is 1.43. The molecule has 1 aromatic rings. The molecular formula is C13H18N2O4. The Morgan fingerprint density at radius 1 is 1.58 bits per heavy atom. The molecule has 1 saturated heterocycles. The number of rotatable bonds is 4. The van der Waals surface area contributed by atoms with Gasteiger partial charge in [0.05, 0.1) is 23.7 Å². The Hall–Kier alpha value is -1.82. The second kappa shape index (κ2) is 5.05. The Balaban J connectivity index is 2.24. The highest BCUT2D eigenvalue weighted by molar-refractivity contribution is 5.59. The Morgan fingerprint density at radius 3 is 2.84 bits per heavy atom. The third-order valence-corrected chi connectivity index (χ3v) is 3.69. The highest BCUT2D eigenvalue weighted by atomic mass is 16.6. The fourth-order valence-corrected chi connectivity index (χ4v) is 2.23. The quantitative estimate of drug-likeness (QED) is 0.669. The first-order chi connectivity index (χ1) is 8.96. The second-order valence-corrected chi connectivity index (χ2v) is 4.95. The highest BCUT2D eigenvalue weighted by Crippen LogP contribution is 2.34. The Bertz CT molecular complexity index is 492. The summed E-state index contributed by atoms with van der Waals surface area (Å²) in [5.74, 6) is 0.255. The summed E-state index contributed by atoms with van der Waals surface area (Å²) in [4.78, 5) is 10.4. The molecule has 0 amide bonds. The third-order valence-electron chi connectivity index (χ3n) is 3.69. The van der Waals surface area contributed by atoms with E-state index in [2.05, 4.69) is 12.2 Å². The number of nitro groups is 1. The van der Waals surface area contributed by atoms with Gasteiger partial charge >= 0.3 is 5.69 Å². The van der Waals surface area contributed by atoms with Gasteiger partial charge in [-0.3, -0.25) is 10.1 Å². The van der Waals surface area contributed by atoms with Crippen LogP contribution in [-0.4, -0.2) is 30.3 Å². The predicted molar refractivity (Wildman–Crippen MR) is 71.7 cm³/mol. The Labute approximate surface area is 111 Å². The molecule has 2 atom stereocenters. The molecule has 0 radical (unpaired) electrons. The van der Waals surface area contributed by atoms with E-state index in [1.165, 1.54) is 13.2 Å². The van der Waals surface area contributed by atoms with Gasteiger partial charge in [0.2, 0.25) is 0 Å². The van der Waals surface area contributed by atoms with Crippen molar-refractivity contribution in [1.82, 2.24) is 0 Å². The molecule has 0 aliphatic carbocycles. The molecule has 1 fully saturated rings. The van der Waals surface area contributed by atoms with Crippen LogP contribution in [0.15, 0.2) is 18.2 Å². The van der Waals surface area contributed by atoms with Crippen LogP contribution in [0.1, 0.15) is 20.3 Å². The Kier molecular flexibility index (Phi) is 3.61. The maximum Gasteiger partial charge on any atom is 0.311 e. The molecule has 1 aliphatic rings. The summed E-state index contributed by atoms with van der Waals surface area (Å²) in [6, 6.07) is 4.79. The molecule has 2 unspecified atom stereocenters. The number of nitrogens with zero attached hydrogens (tertiary/aromatic N) is 1. The average Bonchev–Trinajstić information content (AvgIpc) is 2.68. The number of ether oxygens (including phenoxy) is 2. The van der Waals surface area contributed by atoms with Crippen LogP contribution >= 0.6 is 0 Å². The lowest BCUT2D eigenvalue weighted by Crippen LogP contribution is -2.41. The van der Waals surface area contributed by atoms with Crippen molar-refractivity contribution < 1.29 is 14.4 Å². The SMILES string of the molecule is COc1cc(NC2(C)CCOC2C)ccc1[N+](=O)[O-]. The summed E-state index contributed by atoms with van der Waals surface area (Å²) in [5.41, 5.74) is 0.595. The summed E-state index contributed by atoms with van der Waals surface area (Å²) in [6.07, 6.45) is 0.988. The molecular weight excluding hydrogens is 248 g/mol. The second-order valence-electron chi connectivity index (χ2n) is 4.95. The van der Waals surface area contributed by atoms with Gasteiger partial charge in [-0.05, 0) is 26.3 Å². The molecule has 0 spiro atoms. The van der Waals surface area contributed by atoms with Gasteiger partial charge < -0.3 is 14.8 Å². The number of nitrogens with one attached hydrogen (secondary N) is 1. The summed E-state index contributed by atoms with van der Waals surface area (Å²) < 4.78 is 10.6. The van der Waals surface area contributed by atoms with Crippen molar-refractivity contribution in [3.8, 4) is 5.75 Å². The normalized spacial score (nSPS) is 26.2. The molecule has 0 saturated carbocycles. The monoisotopic (exact) mass is 266 g/mol. The summed E-state index contributed by atoms with van der Waals surface area (Å²) in [5, 5.41) is 14.2. The van der Waals surface area contributed by atoms with Gasteiger partial charge in [-0.1, -0.05) is 0 Å². The van der Waals surface area contributed by atoms with Crippen LogP contribution in [0, 0.1) is 10.1 Å². The first-order valence-electron chi connectivity index (χ1n) is 6.18. The van der Waals surface area contributed by atoms with Crippen molar-refractivity contribution in [2.75, 3.05) is 19.0 Å². The Morgan fingerprint density at radius 2 is 2.32 bits per heavy atom. The van der Waals surface area contributed by atoms with Gasteiger partial charge in [-0.2, -0.15) is 0 Å². The number of benzene rings is 1. The van der Waals surface area contributed by atoms with E-state index in [9.17, 15) is 10.1 Å². The zero-order chi connectivity index (χ0) is 14.0. The van der Waals surface area contributed by atoms with Gasteiger partial charge in [0, 0.05) is 24.4 Å². The minimum absolute atomic E-state index is 0.0334. The molecule has 2 rings (SSSR count). The van der Waals surface area contributed by atoms with Crippen LogP contribution in [0.25, 0.3) is 0 Å². The van der Waals surface area contributed by atoms with Gasteiger partial charge in [-0.15, -0.1) is 0 Å². The number of anilines is 1. The van der Waals surface area contributed by atoms with Gasteiger partial charge in [0.25, 0.3) is 0 Å². The van der Waals surface area contributed by atoms with E-state index >= 15 is 0 Å². The van der Waals surface area contributed by atoms with Crippen LogP contribution in [0.5, 0.6) is 5.75 Å². The van der Waals surface area contributed by atoms with Crippen LogP contribution in [-0.2, 0) is 4.74 Å². The summed E-state index contributed by atoms with van der Waals surface area (Å²) >= 11 is 0. The largest absolute Gasteiger partial charge is 0.490 e. The number of hydrogen-bond donors (Lipinski definition) is 1. The third kappa shape index (κ3) is 2.63. The van der Waals surface area contributed by atoms with E-state index < -0.39 is 4.92 Å². The maximum atomic E-state index is 10.8. The molecule has 0 aromatic heterocycles. The van der Waals surface area contributed by atoms with E-state index in [0.29, 0.717) is 0 Å². The molecule has 1 N–H and O–H groups in total. The van der Waals surface area contributed by atoms with Crippen LogP contribution in [0.2, 0.25) is 0 Å². The standard InChI is InChI=1S/C13H18N2O4/c1-9-13(2,6-7-19-9)14-10-4-5-11(15(16)17)12(8-10)18-3/h4-5,8-9,14H,6-7H2,1-3H3. The van der Waals surface area contributed by atoms with Crippen LogP contribution in [0.3, 0.4) is 0 Å². The van der Waals surface area contributed by atoms with Crippen molar-refractivity contribution in [2.24, 2.45) is 0 Å². The topological polar surface area (TPSA) is 73.6 Å². The number of hydrogen-bond acceptors (Lipinski definition) is 5. The van der Waals surface area contributed by atoms with E-state index in [4.69, 9.17) is 9.47 Å². The van der Waals surface area contributed by atoms with Crippen molar-refractivity contribution in [2.45, 2.75) is 31.9 Å². The van der Waals surface area contributed by atoms with Gasteiger partial charge in [0.1, 0.15) is 0 Å². The first-order valence-corrected chi connectivity index (χ1v) is 6.18. The lowest BCUT2D eigenvalue weighted by Gasteiger charge is -2.30. The zero-order valence-corrected chi connectivity index (χ0v) is 11.3. The maximum absolute atomic E-state index is 10.8. The lowest BCUT2D eigenvalue weighted by molar-refractivity contribution is -0.385. The van der Waals surface area contributed by atoms with E-state index in [-0.39, 0.29) is 23.1 Å². The average molecular weight is 266 g/mol. The smallest absolute Gasteiger partial charge is 0.311 e. The number of methoxy groups -OCH3 is 1. The van der Waals surface area contributed by atoms with E-state index in [1.54, 1.807) is 12.1 Å². The van der Waals surface area contributed by atoms with Crippen molar-refractivity contribution >= 4 is 11.4 Å². The molecule has 1 heterocycles. The molecule has 1 aromatic carbocycles. The lowest BCUT2D eigenvalue weighted by atomic mass is 9.94. The van der Waals surface area contributed by atoms with E-state index in [1.807, 2.05) is 6.92 Å². The fourth-order valence-electron chi connectivity index (χ4n) is 2.23. The first kappa shape index (κ1) is 13.6. The minimum Gasteiger partial charge on any atom is -0.490 e. The summed E-state index contributed by atoms with van der Waals surface area (Å²) in [6.45, 7) is 4.82. The predicted octanol–water partition coefficient (Wildman–Crippen LogP) is 2.58. The minimum atomic E-state index is -0.453. The molecule has 0 bridgehead atoms.